The van der Waals surface area contributed by atoms with Crippen molar-refractivity contribution in [1.82, 2.24) is 4.57 Å². The third-order valence-corrected chi connectivity index (χ3v) is 6.47. The molecule has 1 aliphatic rings. The fourth-order valence-electron chi connectivity index (χ4n) is 5.01. The summed E-state index contributed by atoms with van der Waals surface area (Å²) < 4.78 is 7.96. The SMILES string of the molecule is COc1cc2c(cc1C)CCN2c1ccc2c(c1)c1ccccc1n2-c1ccccc1. The highest BCUT2D eigenvalue weighted by molar-refractivity contribution is 6.10. The van der Waals surface area contributed by atoms with Crippen molar-refractivity contribution in [3.05, 3.63) is 96.1 Å². The predicted octanol–water partition coefficient (Wildman–Crippen LogP) is 6.79. The number of aromatic nitrogens is 1. The van der Waals surface area contributed by atoms with Crippen molar-refractivity contribution in [2.45, 2.75) is 13.3 Å². The first kappa shape index (κ1) is 18.1. The van der Waals surface area contributed by atoms with Gasteiger partial charge in [0.25, 0.3) is 0 Å². The minimum absolute atomic E-state index is 0.951. The molecular formula is C28H24N2O. The van der Waals surface area contributed by atoms with Crippen molar-refractivity contribution in [2.75, 3.05) is 18.6 Å². The Labute approximate surface area is 182 Å². The van der Waals surface area contributed by atoms with Gasteiger partial charge < -0.3 is 14.2 Å². The normalized spacial score (nSPS) is 13.2. The molecule has 0 spiro atoms. The Hall–Kier alpha value is -3.72. The first-order chi connectivity index (χ1) is 15.2. The van der Waals surface area contributed by atoms with E-state index in [1.54, 1.807) is 7.11 Å². The lowest BCUT2D eigenvalue weighted by molar-refractivity contribution is 0.412. The minimum Gasteiger partial charge on any atom is -0.496 e. The number of ether oxygens (including phenoxy) is 1. The zero-order valence-corrected chi connectivity index (χ0v) is 17.8. The second-order valence-corrected chi connectivity index (χ2v) is 8.24. The van der Waals surface area contributed by atoms with Crippen LogP contribution in [0.4, 0.5) is 11.4 Å². The number of benzene rings is 4. The van der Waals surface area contributed by atoms with Crippen LogP contribution in [0.1, 0.15) is 11.1 Å². The summed E-state index contributed by atoms with van der Waals surface area (Å²) >= 11 is 0. The smallest absolute Gasteiger partial charge is 0.123 e. The third kappa shape index (κ3) is 2.73. The lowest BCUT2D eigenvalue weighted by Gasteiger charge is -2.21. The molecule has 1 aliphatic heterocycles. The fraction of sp³-hybridized carbons (Fsp3) is 0.143. The predicted molar refractivity (Wildman–Crippen MR) is 129 cm³/mol. The summed E-state index contributed by atoms with van der Waals surface area (Å²) in [5, 5.41) is 2.56. The number of nitrogens with zero attached hydrogens (tertiary/aromatic N) is 2. The first-order valence-electron chi connectivity index (χ1n) is 10.8. The van der Waals surface area contributed by atoms with Gasteiger partial charge in [-0.3, -0.25) is 0 Å². The van der Waals surface area contributed by atoms with Crippen LogP contribution in [0.3, 0.4) is 0 Å². The second kappa shape index (κ2) is 6.92. The Bertz CT molecular complexity index is 1430. The molecule has 0 amide bonds. The molecule has 0 bridgehead atoms. The van der Waals surface area contributed by atoms with Crippen LogP contribution in [-0.2, 0) is 6.42 Å². The topological polar surface area (TPSA) is 17.4 Å². The zero-order valence-electron chi connectivity index (χ0n) is 17.8. The van der Waals surface area contributed by atoms with Gasteiger partial charge in [-0.1, -0.05) is 42.5 Å². The molecule has 0 radical (unpaired) electrons. The minimum atomic E-state index is 0.951. The monoisotopic (exact) mass is 404 g/mol. The fourth-order valence-corrected chi connectivity index (χ4v) is 5.01. The zero-order chi connectivity index (χ0) is 20.9. The number of anilines is 2. The quantitative estimate of drug-likeness (QED) is 0.329. The summed E-state index contributed by atoms with van der Waals surface area (Å²) in [5.41, 5.74) is 8.74. The molecule has 4 aromatic carbocycles. The molecule has 0 aliphatic carbocycles. The van der Waals surface area contributed by atoms with Crippen molar-refractivity contribution < 1.29 is 4.74 Å². The molecule has 0 saturated carbocycles. The highest BCUT2D eigenvalue weighted by Crippen LogP contribution is 2.41. The molecule has 2 heterocycles. The molecule has 0 unspecified atom stereocenters. The molecule has 0 N–H and O–H groups in total. The van der Waals surface area contributed by atoms with Gasteiger partial charge in [-0.25, -0.2) is 0 Å². The molecule has 152 valence electrons. The van der Waals surface area contributed by atoms with E-state index in [0.29, 0.717) is 0 Å². The van der Waals surface area contributed by atoms with Crippen molar-refractivity contribution in [3.63, 3.8) is 0 Å². The van der Waals surface area contributed by atoms with Crippen molar-refractivity contribution >= 4 is 33.2 Å². The van der Waals surface area contributed by atoms with Gasteiger partial charge in [-0.15, -0.1) is 0 Å². The summed E-state index contributed by atoms with van der Waals surface area (Å²) in [6.07, 6.45) is 1.06. The average molecular weight is 405 g/mol. The molecule has 3 nitrogen and oxygen atoms in total. The summed E-state index contributed by atoms with van der Waals surface area (Å²) in [7, 11) is 1.75. The molecule has 5 aromatic rings. The van der Waals surface area contributed by atoms with Crippen LogP contribution in [-0.4, -0.2) is 18.2 Å². The van der Waals surface area contributed by atoms with E-state index in [9.17, 15) is 0 Å². The number of hydrogen-bond acceptors (Lipinski definition) is 2. The maximum Gasteiger partial charge on any atom is 0.123 e. The highest BCUT2D eigenvalue weighted by Gasteiger charge is 2.23. The van der Waals surface area contributed by atoms with E-state index in [4.69, 9.17) is 4.74 Å². The molecule has 1 aromatic heterocycles. The van der Waals surface area contributed by atoms with Crippen LogP contribution in [0.25, 0.3) is 27.5 Å². The standard InChI is InChI=1S/C28H24N2O/c1-19-16-20-14-15-29(27(20)18-28(19)31-2)22-12-13-26-24(17-22)23-10-6-7-11-25(23)30(26)21-8-4-3-5-9-21/h3-13,16-18H,14-15H2,1-2H3. The molecule has 0 fully saturated rings. The summed E-state index contributed by atoms with van der Waals surface area (Å²) in [6, 6.07) is 30.6. The van der Waals surface area contributed by atoms with E-state index in [1.807, 2.05) is 0 Å². The van der Waals surface area contributed by atoms with Crippen LogP contribution >= 0.6 is 0 Å². The van der Waals surface area contributed by atoms with Crippen molar-refractivity contribution in [1.29, 1.82) is 0 Å². The van der Waals surface area contributed by atoms with E-state index in [-0.39, 0.29) is 0 Å². The maximum atomic E-state index is 5.60. The number of aryl methyl sites for hydroxylation is 1. The number of methoxy groups -OCH3 is 1. The van der Waals surface area contributed by atoms with Crippen LogP contribution in [0, 0.1) is 6.92 Å². The summed E-state index contributed by atoms with van der Waals surface area (Å²) in [4.78, 5) is 2.42. The van der Waals surface area contributed by atoms with Crippen LogP contribution in [0.5, 0.6) is 5.75 Å². The van der Waals surface area contributed by atoms with Gasteiger partial charge in [-0.05, 0) is 60.9 Å². The average Bonchev–Trinajstić information content (AvgIpc) is 3.37. The number of hydrogen-bond donors (Lipinski definition) is 0. The number of para-hydroxylation sites is 2. The summed E-state index contributed by atoms with van der Waals surface area (Å²) in [6.45, 7) is 3.11. The Morgan fingerprint density at radius 1 is 0.742 bits per heavy atom. The van der Waals surface area contributed by atoms with Crippen molar-refractivity contribution in [2.24, 2.45) is 0 Å². The lowest BCUT2D eigenvalue weighted by atomic mass is 10.1. The van der Waals surface area contributed by atoms with E-state index in [1.165, 1.54) is 50.0 Å². The Morgan fingerprint density at radius 2 is 1.52 bits per heavy atom. The largest absolute Gasteiger partial charge is 0.496 e. The van der Waals surface area contributed by atoms with Gasteiger partial charge in [0.1, 0.15) is 5.75 Å². The molecular weight excluding hydrogens is 380 g/mol. The Balaban J connectivity index is 1.56. The van der Waals surface area contributed by atoms with Gasteiger partial charge in [0.15, 0.2) is 0 Å². The van der Waals surface area contributed by atoms with Crippen LogP contribution in [0.2, 0.25) is 0 Å². The molecule has 0 saturated heterocycles. The third-order valence-electron chi connectivity index (χ3n) is 6.47. The molecule has 6 rings (SSSR count). The van der Waals surface area contributed by atoms with Crippen molar-refractivity contribution in [3.8, 4) is 11.4 Å². The van der Waals surface area contributed by atoms with E-state index in [2.05, 4.69) is 101 Å². The molecule has 0 atom stereocenters. The highest BCUT2D eigenvalue weighted by atomic mass is 16.5. The van der Waals surface area contributed by atoms with Gasteiger partial charge in [0, 0.05) is 40.4 Å². The Morgan fingerprint density at radius 3 is 2.35 bits per heavy atom. The van der Waals surface area contributed by atoms with Gasteiger partial charge in [0.05, 0.1) is 18.1 Å². The Kier molecular flexibility index (Phi) is 4.03. The first-order valence-corrected chi connectivity index (χ1v) is 10.8. The van der Waals surface area contributed by atoms with Crippen LogP contribution in [0.15, 0.2) is 84.9 Å². The maximum absolute atomic E-state index is 5.60. The van der Waals surface area contributed by atoms with E-state index < -0.39 is 0 Å². The number of rotatable bonds is 3. The van der Waals surface area contributed by atoms with Gasteiger partial charge in [0.2, 0.25) is 0 Å². The second-order valence-electron chi connectivity index (χ2n) is 8.24. The molecule has 3 heteroatoms. The van der Waals surface area contributed by atoms with Gasteiger partial charge >= 0.3 is 0 Å². The summed E-state index contributed by atoms with van der Waals surface area (Å²) in [5.74, 6) is 0.951. The van der Waals surface area contributed by atoms with E-state index >= 15 is 0 Å². The van der Waals surface area contributed by atoms with Crippen LogP contribution < -0.4 is 9.64 Å². The van der Waals surface area contributed by atoms with E-state index in [0.717, 1.165) is 18.7 Å². The van der Waals surface area contributed by atoms with Gasteiger partial charge in [-0.2, -0.15) is 0 Å². The lowest BCUT2D eigenvalue weighted by Crippen LogP contribution is -2.13. The number of fused-ring (bicyclic) bond motifs is 4. The molecule has 31 heavy (non-hydrogen) atoms.